The van der Waals surface area contributed by atoms with E-state index in [9.17, 15) is 4.79 Å². The molecule has 0 bridgehead atoms. The van der Waals surface area contributed by atoms with Crippen molar-refractivity contribution in [2.75, 3.05) is 0 Å². The van der Waals surface area contributed by atoms with Crippen molar-refractivity contribution in [2.45, 2.75) is 13.0 Å². The topological polar surface area (TPSA) is 31.2 Å². The van der Waals surface area contributed by atoms with Gasteiger partial charge < -0.3 is 9.30 Å². The summed E-state index contributed by atoms with van der Waals surface area (Å²) in [6, 6.07) is 19.4. The molecule has 1 atom stereocenters. The van der Waals surface area contributed by atoms with Crippen molar-refractivity contribution in [3.8, 4) is 11.4 Å². The largest absolute Gasteiger partial charge is 0.475 e. The zero-order chi connectivity index (χ0) is 15.1. The van der Waals surface area contributed by atoms with Gasteiger partial charge in [-0.15, -0.1) is 0 Å². The standard InChI is InChI=1S/C19H15NO2/c1-13-6-4-7-14(12-13)19-18(21)16-9-5-11-20(16)15-8-2-3-10-17(15)22-19/h2-12,19H,1H3/t19-/m1/s1. The molecule has 3 heteroatoms. The summed E-state index contributed by atoms with van der Waals surface area (Å²) >= 11 is 0. The summed E-state index contributed by atoms with van der Waals surface area (Å²) in [5.41, 5.74) is 3.54. The highest BCUT2D eigenvalue weighted by Crippen LogP contribution is 2.35. The van der Waals surface area contributed by atoms with Crippen LogP contribution in [0.1, 0.15) is 27.7 Å². The van der Waals surface area contributed by atoms with Crippen LogP contribution in [-0.4, -0.2) is 10.4 Å². The molecule has 2 heterocycles. The number of carbonyl (C=O) groups excluding carboxylic acids is 1. The quantitative estimate of drug-likeness (QED) is 0.675. The van der Waals surface area contributed by atoms with E-state index in [1.807, 2.05) is 78.4 Å². The van der Waals surface area contributed by atoms with Crippen LogP contribution in [0.4, 0.5) is 0 Å². The van der Waals surface area contributed by atoms with Gasteiger partial charge >= 0.3 is 0 Å². The average molecular weight is 289 g/mol. The maximum Gasteiger partial charge on any atom is 0.224 e. The fraction of sp³-hybridized carbons (Fsp3) is 0.105. The second kappa shape index (κ2) is 4.88. The molecule has 3 nitrogen and oxygen atoms in total. The van der Waals surface area contributed by atoms with Crippen molar-refractivity contribution in [3.63, 3.8) is 0 Å². The van der Waals surface area contributed by atoms with E-state index >= 15 is 0 Å². The Morgan fingerprint density at radius 3 is 2.73 bits per heavy atom. The molecule has 1 aromatic heterocycles. The van der Waals surface area contributed by atoms with Gasteiger partial charge in [-0.2, -0.15) is 0 Å². The molecule has 0 unspecified atom stereocenters. The van der Waals surface area contributed by atoms with Gasteiger partial charge in [-0.1, -0.05) is 42.0 Å². The predicted octanol–water partition coefficient (Wildman–Crippen LogP) is 4.10. The van der Waals surface area contributed by atoms with Gasteiger partial charge in [-0.25, -0.2) is 0 Å². The first kappa shape index (κ1) is 12.9. The lowest BCUT2D eigenvalue weighted by Gasteiger charge is -2.16. The van der Waals surface area contributed by atoms with Crippen molar-refractivity contribution in [2.24, 2.45) is 0 Å². The second-order valence-corrected chi connectivity index (χ2v) is 5.51. The molecule has 0 fully saturated rings. The van der Waals surface area contributed by atoms with Crippen LogP contribution in [0.2, 0.25) is 0 Å². The van der Waals surface area contributed by atoms with Crippen LogP contribution in [0.3, 0.4) is 0 Å². The molecule has 0 N–H and O–H groups in total. The monoisotopic (exact) mass is 289 g/mol. The Morgan fingerprint density at radius 2 is 1.86 bits per heavy atom. The van der Waals surface area contributed by atoms with Crippen LogP contribution < -0.4 is 4.74 Å². The molecule has 108 valence electrons. The molecule has 2 aromatic carbocycles. The first-order valence-corrected chi connectivity index (χ1v) is 7.28. The van der Waals surface area contributed by atoms with Crippen LogP contribution in [0.15, 0.2) is 66.9 Å². The first-order valence-electron chi connectivity index (χ1n) is 7.28. The predicted molar refractivity (Wildman–Crippen MR) is 84.6 cm³/mol. The molecule has 0 aliphatic carbocycles. The lowest BCUT2D eigenvalue weighted by atomic mass is 10.0. The Bertz CT molecular complexity index is 863. The summed E-state index contributed by atoms with van der Waals surface area (Å²) in [6.07, 6.45) is 1.28. The van der Waals surface area contributed by atoms with Crippen molar-refractivity contribution < 1.29 is 9.53 Å². The molecule has 0 radical (unpaired) electrons. The van der Waals surface area contributed by atoms with Gasteiger partial charge in [0.05, 0.1) is 11.4 Å². The number of ketones is 1. The van der Waals surface area contributed by atoms with Crippen LogP contribution >= 0.6 is 0 Å². The Kier molecular flexibility index (Phi) is 2.86. The summed E-state index contributed by atoms with van der Waals surface area (Å²) in [7, 11) is 0. The van der Waals surface area contributed by atoms with E-state index in [0.717, 1.165) is 22.6 Å². The van der Waals surface area contributed by atoms with Gasteiger partial charge in [-0.05, 0) is 31.2 Å². The van der Waals surface area contributed by atoms with Gasteiger partial charge in [0.25, 0.3) is 0 Å². The third-order valence-electron chi connectivity index (χ3n) is 3.95. The molecule has 0 saturated carbocycles. The van der Waals surface area contributed by atoms with Crippen LogP contribution in [-0.2, 0) is 0 Å². The minimum absolute atomic E-state index is 0.0215. The van der Waals surface area contributed by atoms with Gasteiger partial charge in [0.15, 0.2) is 6.10 Å². The maximum absolute atomic E-state index is 12.9. The van der Waals surface area contributed by atoms with Gasteiger partial charge in [0.1, 0.15) is 5.75 Å². The van der Waals surface area contributed by atoms with Gasteiger partial charge in [0, 0.05) is 11.8 Å². The smallest absolute Gasteiger partial charge is 0.224 e. The number of rotatable bonds is 1. The third kappa shape index (κ3) is 1.94. The zero-order valence-corrected chi connectivity index (χ0v) is 12.2. The number of Topliss-reactive ketones (excluding diaryl/α,β-unsaturated/α-hetero) is 1. The summed E-state index contributed by atoms with van der Waals surface area (Å²) in [5.74, 6) is 0.698. The second-order valence-electron chi connectivity index (χ2n) is 5.51. The lowest BCUT2D eigenvalue weighted by Crippen LogP contribution is -2.18. The van der Waals surface area contributed by atoms with E-state index in [1.54, 1.807) is 0 Å². The number of aromatic nitrogens is 1. The average Bonchev–Trinajstić information content (AvgIpc) is 2.98. The van der Waals surface area contributed by atoms with Crippen molar-refractivity contribution >= 4 is 5.78 Å². The molecule has 0 amide bonds. The van der Waals surface area contributed by atoms with Crippen molar-refractivity contribution in [1.29, 1.82) is 0 Å². The number of ether oxygens (including phenoxy) is 1. The summed E-state index contributed by atoms with van der Waals surface area (Å²) in [5, 5.41) is 0. The molecule has 22 heavy (non-hydrogen) atoms. The summed E-state index contributed by atoms with van der Waals surface area (Å²) < 4.78 is 7.98. The fourth-order valence-corrected chi connectivity index (χ4v) is 2.92. The highest BCUT2D eigenvalue weighted by atomic mass is 16.5. The van der Waals surface area contributed by atoms with Gasteiger partial charge in [0.2, 0.25) is 5.78 Å². The summed E-state index contributed by atoms with van der Waals surface area (Å²) in [4.78, 5) is 12.9. The van der Waals surface area contributed by atoms with E-state index in [0.29, 0.717) is 5.69 Å². The number of benzene rings is 2. The highest BCUT2D eigenvalue weighted by Gasteiger charge is 2.30. The Balaban J connectivity index is 1.92. The molecular weight excluding hydrogens is 274 g/mol. The minimum atomic E-state index is -0.614. The Hall–Kier alpha value is -2.81. The third-order valence-corrected chi connectivity index (χ3v) is 3.95. The van der Waals surface area contributed by atoms with E-state index in [4.69, 9.17) is 4.74 Å². The number of carbonyl (C=O) groups is 1. The van der Waals surface area contributed by atoms with Crippen molar-refractivity contribution in [3.05, 3.63) is 83.7 Å². The maximum atomic E-state index is 12.9. The van der Waals surface area contributed by atoms with Crippen LogP contribution in [0.25, 0.3) is 5.69 Å². The Morgan fingerprint density at radius 1 is 1.00 bits per heavy atom. The molecule has 0 spiro atoms. The lowest BCUT2D eigenvalue weighted by molar-refractivity contribution is 0.0796. The Labute approximate surface area is 128 Å². The number of aryl methyl sites for hydroxylation is 1. The number of nitrogens with zero attached hydrogens (tertiary/aromatic N) is 1. The van der Waals surface area contributed by atoms with Crippen LogP contribution in [0.5, 0.6) is 5.75 Å². The first-order chi connectivity index (χ1) is 10.7. The van der Waals surface area contributed by atoms with Crippen LogP contribution in [0, 0.1) is 6.92 Å². The summed E-state index contributed by atoms with van der Waals surface area (Å²) in [6.45, 7) is 2.02. The number of para-hydroxylation sites is 2. The van der Waals surface area contributed by atoms with E-state index in [-0.39, 0.29) is 5.78 Å². The number of fused-ring (bicyclic) bond motifs is 3. The molecule has 3 aromatic rings. The molecular formula is C19H15NO2. The molecule has 1 aliphatic rings. The number of hydrogen-bond acceptors (Lipinski definition) is 2. The molecule has 4 rings (SSSR count). The molecule has 0 saturated heterocycles. The number of hydrogen-bond donors (Lipinski definition) is 0. The normalized spacial score (nSPS) is 16.4. The minimum Gasteiger partial charge on any atom is -0.475 e. The highest BCUT2D eigenvalue weighted by molar-refractivity contribution is 6.00. The van der Waals surface area contributed by atoms with Crippen molar-refractivity contribution in [1.82, 2.24) is 4.57 Å². The van der Waals surface area contributed by atoms with Gasteiger partial charge in [-0.3, -0.25) is 4.79 Å². The zero-order valence-electron chi connectivity index (χ0n) is 12.2. The molecule has 1 aliphatic heterocycles. The fourth-order valence-electron chi connectivity index (χ4n) is 2.92. The SMILES string of the molecule is Cc1cccc([C@H]2Oc3ccccc3-n3cccc3C2=O)c1. The van der Waals surface area contributed by atoms with E-state index in [1.165, 1.54) is 0 Å². The van der Waals surface area contributed by atoms with E-state index in [2.05, 4.69) is 0 Å². The van der Waals surface area contributed by atoms with E-state index < -0.39 is 6.10 Å².